The maximum Gasteiger partial charge on any atom is 0.125 e. The van der Waals surface area contributed by atoms with Crippen molar-refractivity contribution in [2.45, 2.75) is 0 Å². The maximum atomic E-state index is 13.3. The Morgan fingerprint density at radius 1 is 1.44 bits per heavy atom. The second-order valence-electron chi connectivity index (χ2n) is 3.97. The van der Waals surface area contributed by atoms with E-state index in [1.54, 1.807) is 6.07 Å². The van der Waals surface area contributed by atoms with Crippen LogP contribution in [-0.4, -0.2) is 38.0 Å². The number of ether oxygens (including phenoxy) is 1. The minimum Gasteiger partial charge on any atom is -0.386 e. The van der Waals surface area contributed by atoms with Gasteiger partial charge in [-0.05, 0) is 12.1 Å². The van der Waals surface area contributed by atoms with Crippen molar-refractivity contribution in [1.29, 1.82) is 0 Å². The molecule has 6 heteroatoms. The number of nitrogens with two attached hydrogens (primary N) is 1. The van der Waals surface area contributed by atoms with E-state index >= 15 is 0 Å². The summed E-state index contributed by atoms with van der Waals surface area (Å²) >= 11 is 5.60. The van der Waals surface area contributed by atoms with Crippen molar-refractivity contribution >= 4 is 28.8 Å². The van der Waals surface area contributed by atoms with E-state index in [0.29, 0.717) is 18.9 Å². The lowest BCUT2D eigenvalue weighted by Crippen LogP contribution is -2.36. The third-order valence-electron chi connectivity index (χ3n) is 2.69. The number of rotatable bonds is 3. The molecule has 0 radical (unpaired) electrons. The van der Waals surface area contributed by atoms with Crippen molar-refractivity contribution in [2.24, 2.45) is 10.7 Å². The van der Waals surface area contributed by atoms with Gasteiger partial charge in [-0.3, -0.25) is 0 Å². The number of aliphatic imine (C=N–C) groups is 1. The van der Waals surface area contributed by atoms with Gasteiger partial charge in [0, 0.05) is 19.2 Å². The Balaban J connectivity index is 2.33. The van der Waals surface area contributed by atoms with Gasteiger partial charge in [-0.1, -0.05) is 0 Å². The number of alkyl halides is 1. The van der Waals surface area contributed by atoms with Gasteiger partial charge in [0.1, 0.15) is 11.7 Å². The summed E-state index contributed by atoms with van der Waals surface area (Å²) in [5, 5.41) is 0. The molecule has 0 bridgehead atoms. The van der Waals surface area contributed by atoms with Crippen LogP contribution >= 0.6 is 11.6 Å². The van der Waals surface area contributed by atoms with Crippen LogP contribution in [0.1, 0.15) is 0 Å². The number of hydrogen-bond acceptors (Lipinski definition) is 3. The van der Waals surface area contributed by atoms with Crippen LogP contribution in [0.15, 0.2) is 23.2 Å². The van der Waals surface area contributed by atoms with Crippen molar-refractivity contribution in [3.63, 3.8) is 0 Å². The van der Waals surface area contributed by atoms with Gasteiger partial charge >= 0.3 is 0 Å². The largest absolute Gasteiger partial charge is 0.386 e. The lowest BCUT2D eigenvalue weighted by atomic mass is 10.2. The second-order valence-corrected chi connectivity index (χ2v) is 4.24. The molecule has 0 amide bonds. The molecule has 0 unspecified atom stereocenters. The molecule has 0 saturated carbocycles. The van der Waals surface area contributed by atoms with Gasteiger partial charge in [0.25, 0.3) is 0 Å². The van der Waals surface area contributed by atoms with Crippen molar-refractivity contribution in [3.8, 4) is 0 Å². The molecule has 18 heavy (non-hydrogen) atoms. The number of amidine groups is 1. The van der Waals surface area contributed by atoms with Crippen molar-refractivity contribution in [2.75, 3.05) is 37.1 Å². The van der Waals surface area contributed by atoms with Gasteiger partial charge in [-0.2, -0.15) is 0 Å². The van der Waals surface area contributed by atoms with E-state index in [-0.39, 0.29) is 17.5 Å². The third-order valence-corrected chi connectivity index (χ3v) is 2.96. The van der Waals surface area contributed by atoms with Crippen LogP contribution in [-0.2, 0) is 4.74 Å². The first-order chi connectivity index (χ1) is 8.70. The monoisotopic (exact) mass is 271 g/mol. The van der Waals surface area contributed by atoms with E-state index < -0.39 is 0 Å². The molecule has 1 saturated heterocycles. The quantitative estimate of drug-likeness (QED) is 0.519. The second kappa shape index (κ2) is 6.02. The first-order valence-corrected chi connectivity index (χ1v) is 6.25. The molecule has 98 valence electrons. The number of benzene rings is 1. The molecule has 0 spiro atoms. The topological polar surface area (TPSA) is 50.8 Å². The van der Waals surface area contributed by atoms with Crippen LogP contribution < -0.4 is 10.6 Å². The zero-order valence-electron chi connectivity index (χ0n) is 9.90. The Kier molecular flexibility index (Phi) is 4.38. The summed E-state index contributed by atoms with van der Waals surface area (Å²) < 4.78 is 18.6. The van der Waals surface area contributed by atoms with Gasteiger partial charge in [-0.25, -0.2) is 9.38 Å². The minimum atomic E-state index is -0.340. The Labute approximate surface area is 110 Å². The van der Waals surface area contributed by atoms with Gasteiger partial charge in [0.05, 0.1) is 30.5 Å². The molecule has 0 aliphatic carbocycles. The molecular weight excluding hydrogens is 257 g/mol. The fourth-order valence-electron chi connectivity index (χ4n) is 1.84. The normalized spacial score (nSPS) is 17.0. The summed E-state index contributed by atoms with van der Waals surface area (Å²) in [6.45, 7) is 2.83. The highest BCUT2D eigenvalue weighted by Crippen LogP contribution is 2.30. The number of morpholine rings is 1. The van der Waals surface area contributed by atoms with Crippen LogP contribution in [0.3, 0.4) is 0 Å². The Morgan fingerprint density at radius 2 is 2.17 bits per heavy atom. The fourth-order valence-corrected chi connectivity index (χ4v) is 1.90. The van der Waals surface area contributed by atoms with E-state index in [1.165, 1.54) is 12.1 Å². The Hall–Kier alpha value is -1.33. The lowest BCUT2D eigenvalue weighted by Gasteiger charge is -2.29. The van der Waals surface area contributed by atoms with E-state index in [2.05, 4.69) is 9.89 Å². The molecular formula is C12H15ClFN3O. The molecule has 1 fully saturated rings. The molecule has 2 N–H and O–H groups in total. The average Bonchev–Trinajstić information content (AvgIpc) is 2.40. The average molecular weight is 272 g/mol. The molecule has 0 aromatic heterocycles. The Bertz CT molecular complexity index is 447. The highest BCUT2D eigenvalue weighted by Gasteiger charge is 2.15. The summed E-state index contributed by atoms with van der Waals surface area (Å²) in [6, 6.07) is 4.49. The van der Waals surface area contributed by atoms with Crippen LogP contribution in [0, 0.1) is 5.82 Å². The van der Waals surface area contributed by atoms with Crippen molar-refractivity contribution in [1.82, 2.24) is 0 Å². The van der Waals surface area contributed by atoms with E-state index in [4.69, 9.17) is 22.1 Å². The minimum absolute atomic E-state index is 0.124. The SMILES string of the molecule is NC(CCl)=Nc1cc(F)ccc1N1CCOCC1. The highest BCUT2D eigenvalue weighted by molar-refractivity contribution is 6.28. The van der Waals surface area contributed by atoms with Crippen LogP contribution in [0.5, 0.6) is 0 Å². The summed E-state index contributed by atoms with van der Waals surface area (Å²) in [4.78, 5) is 6.25. The maximum absolute atomic E-state index is 13.3. The number of nitrogens with zero attached hydrogens (tertiary/aromatic N) is 2. The first-order valence-electron chi connectivity index (χ1n) is 5.72. The summed E-state index contributed by atoms with van der Waals surface area (Å²) in [5.41, 5.74) is 6.97. The summed E-state index contributed by atoms with van der Waals surface area (Å²) in [6.07, 6.45) is 0. The predicted octanol–water partition coefficient (Wildman–Crippen LogP) is 1.89. The Morgan fingerprint density at radius 3 is 2.83 bits per heavy atom. The molecule has 1 aromatic carbocycles. The van der Waals surface area contributed by atoms with E-state index in [1.807, 2.05) is 0 Å². The van der Waals surface area contributed by atoms with E-state index in [0.717, 1.165) is 18.8 Å². The first kappa shape index (κ1) is 13.1. The molecule has 4 nitrogen and oxygen atoms in total. The number of hydrogen-bond donors (Lipinski definition) is 1. The van der Waals surface area contributed by atoms with Gasteiger partial charge in [0.15, 0.2) is 0 Å². The van der Waals surface area contributed by atoms with Crippen LogP contribution in [0.25, 0.3) is 0 Å². The number of anilines is 1. The predicted molar refractivity (Wildman–Crippen MR) is 71.4 cm³/mol. The smallest absolute Gasteiger partial charge is 0.125 e. The third kappa shape index (κ3) is 3.11. The molecule has 1 aliphatic heterocycles. The molecule has 2 rings (SSSR count). The standard InChI is InChI=1S/C12H15ClFN3O/c13-8-12(15)16-10-7-9(14)1-2-11(10)17-3-5-18-6-4-17/h1-2,7H,3-6,8H2,(H2,15,16). The lowest BCUT2D eigenvalue weighted by molar-refractivity contribution is 0.123. The fraction of sp³-hybridized carbons (Fsp3) is 0.417. The zero-order valence-corrected chi connectivity index (χ0v) is 10.7. The summed E-state index contributed by atoms with van der Waals surface area (Å²) in [7, 11) is 0. The van der Waals surface area contributed by atoms with Crippen LogP contribution in [0.2, 0.25) is 0 Å². The summed E-state index contributed by atoms with van der Waals surface area (Å²) in [5.74, 6) is 0.0592. The molecule has 1 heterocycles. The molecule has 1 aromatic rings. The van der Waals surface area contributed by atoms with Crippen molar-refractivity contribution < 1.29 is 9.13 Å². The van der Waals surface area contributed by atoms with Gasteiger partial charge < -0.3 is 15.4 Å². The van der Waals surface area contributed by atoms with E-state index in [9.17, 15) is 4.39 Å². The highest BCUT2D eigenvalue weighted by atomic mass is 35.5. The molecule has 0 atom stereocenters. The zero-order chi connectivity index (χ0) is 13.0. The van der Waals surface area contributed by atoms with Crippen molar-refractivity contribution in [3.05, 3.63) is 24.0 Å². The van der Waals surface area contributed by atoms with Crippen LogP contribution in [0.4, 0.5) is 15.8 Å². The van der Waals surface area contributed by atoms with Gasteiger partial charge in [-0.15, -0.1) is 11.6 Å². The van der Waals surface area contributed by atoms with Gasteiger partial charge in [0.2, 0.25) is 0 Å². The number of halogens is 2. The molecule has 1 aliphatic rings.